The van der Waals surface area contributed by atoms with Crippen LogP contribution in [-0.4, -0.2) is 9.55 Å². The molecule has 9 rings (SSSR count). The summed E-state index contributed by atoms with van der Waals surface area (Å²) in [4.78, 5) is 7.53. The van der Waals surface area contributed by atoms with E-state index in [2.05, 4.69) is 151 Å². The van der Waals surface area contributed by atoms with Crippen LogP contribution in [-0.2, 0) is 5.41 Å². The largest absolute Gasteiger partial charge is 0.309 e. The molecule has 0 fully saturated rings. The van der Waals surface area contributed by atoms with Crippen LogP contribution in [0, 0.1) is 0 Å². The molecule has 3 nitrogen and oxygen atoms in total. The number of fused-ring (bicyclic) bond motifs is 6. The van der Waals surface area contributed by atoms with Gasteiger partial charge in [0, 0.05) is 38.3 Å². The lowest BCUT2D eigenvalue weighted by molar-refractivity contribution is 0.585. The van der Waals surface area contributed by atoms with E-state index in [-0.39, 0.29) is 5.41 Å². The van der Waals surface area contributed by atoms with Crippen LogP contribution in [0.4, 0.5) is 17.2 Å². The normalized spacial score (nSPS) is 15.5. The van der Waals surface area contributed by atoms with E-state index in [1.165, 1.54) is 49.4 Å². The average molecular weight is 554 g/mol. The van der Waals surface area contributed by atoms with E-state index >= 15 is 0 Å². The quantitative estimate of drug-likeness (QED) is 0.217. The van der Waals surface area contributed by atoms with E-state index < -0.39 is 0 Å². The monoisotopic (exact) mass is 553 g/mol. The average Bonchev–Trinajstić information content (AvgIpc) is 3.38. The Balaban J connectivity index is 1.35. The lowest BCUT2D eigenvalue weighted by Gasteiger charge is -2.37. The van der Waals surface area contributed by atoms with Crippen molar-refractivity contribution < 1.29 is 0 Å². The van der Waals surface area contributed by atoms with Gasteiger partial charge in [0.25, 0.3) is 0 Å². The Kier molecular flexibility index (Phi) is 5.07. The molecule has 5 aromatic carbocycles. The third kappa shape index (κ3) is 3.45. The van der Waals surface area contributed by atoms with Crippen molar-refractivity contribution in [3.05, 3.63) is 139 Å². The SMILES string of the molecule is CC1(C)C2=C(C=CCC2)n2c3ccc(N(c4ccc5ccccc5n4)c4cccc5ccccc45)cc3c3cccc1c32. The molecule has 1 aliphatic heterocycles. The van der Waals surface area contributed by atoms with Gasteiger partial charge in [0.15, 0.2) is 0 Å². The number of pyridine rings is 1. The van der Waals surface area contributed by atoms with Crippen LogP contribution in [0.3, 0.4) is 0 Å². The minimum Gasteiger partial charge on any atom is -0.309 e. The molecule has 7 aromatic rings. The number of hydrogen-bond donors (Lipinski definition) is 0. The van der Waals surface area contributed by atoms with E-state index in [4.69, 9.17) is 4.98 Å². The lowest BCUT2D eigenvalue weighted by atomic mass is 9.71. The summed E-state index contributed by atoms with van der Waals surface area (Å²) < 4.78 is 2.52. The summed E-state index contributed by atoms with van der Waals surface area (Å²) in [5.74, 6) is 0.907. The number of aromatic nitrogens is 2. The third-order valence-electron chi connectivity index (χ3n) is 9.66. The van der Waals surface area contributed by atoms with Gasteiger partial charge in [-0.05, 0) is 77.9 Å². The minimum absolute atomic E-state index is 0.00316. The van der Waals surface area contributed by atoms with E-state index in [1.807, 2.05) is 0 Å². The maximum absolute atomic E-state index is 5.20. The summed E-state index contributed by atoms with van der Waals surface area (Å²) >= 11 is 0. The maximum atomic E-state index is 5.20. The van der Waals surface area contributed by atoms with Crippen molar-refractivity contribution in [1.29, 1.82) is 0 Å². The van der Waals surface area contributed by atoms with Crippen LogP contribution in [0.2, 0.25) is 0 Å². The van der Waals surface area contributed by atoms with Crippen LogP contribution in [0.25, 0.3) is 49.2 Å². The molecule has 3 heteroatoms. The van der Waals surface area contributed by atoms with Gasteiger partial charge in [0.05, 0.1) is 22.2 Å². The molecule has 206 valence electrons. The Morgan fingerprint density at radius 3 is 2.44 bits per heavy atom. The molecule has 0 radical (unpaired) electrons. The van der Waals surface area contributed by atoms with E-state index in [0.717, 1.165) is 40.9 Å². The molecule has 0 amide bonds. The summed E-state index contributed by atoms with van der Waals surface area (Å²) in [5.41, 5.74) is 10.1. The second-order valence-corrected chi connectivity index (χ2v) is 12.4. The standard InChI is InChI=1S/C40H31N3/c1-40(2)32-16-6-8-19-37(32)43-36-23-22-28(25-31(36)30-15-10-17-33(40)39(30)43)42(35-20-9-13-26-11-3-5-14-29(26)35)38-24-21-27-12-4-7-18-34(27)41-38/h3-5,7-15,17-25H,6,16H2,1-2H3. The molecule has 43 heavy (non-hydrogen) atoms. The summed E-state index contributed by atoms with van der Waals surface area (Å²) in [5, 5.41) is 6.12. The molecule has 0 unspecified atom stereocenters. The van der Waals surface area contributed by atoms with Crippen LogP contribution < -0.4 is 4.90 Å². The first kappa shape index (κ1) is 24.4. The van der Waals surface area contributed by atoms with Crippen molar-refractivity contribution in [2.24, 2.45) is 0 Å². The van der Waals surface area contributed by atoms with Crippen LogP contribution >= 0.6 is 0 Å². The Bertz CT molecular complexity index is 2330. The van der Waals surface area contributed by atoms with Gasteiger partial charge in [-0.2, -0.15) is 0 Å². The number of benzene rings is 5. The van der Waals surface area contributed by atoms with E-state index in [9.17, 15) is 0 Å². The van der Waals surface area contributed by atoms with Crippen molar-refractivity contribution in [3.63, 3.8) is 0 Å². The van der Waals surface area contributed by atoms with Gasteiger partial charge in [0.1, 0.15) is 5.82 Å². The van der Waals surface area contributed by atoms with Crippen molar-refractivity contribution in [2.75, 3.05) is 4.90 Å². The Morgan fingerprint density at radius 1 is 0.721 bits per heavy atom. The molecule has 3 heterocycles. The van der Waals surface area contributed by atoms with Crippen molar-refractivity contribution in [1.82, 2.24) is 9.55 Å². The second kappa shape index (κ2) is 8.92. The zero-order valence-corrected chi connectivity index (χ0v) is 24.4. The number of anilines is 3. The highest BCUT2D eigenvalue weighted by atomic mass is 15.2. The summed E-state index contributed by atoms with van der Waals surface area (Å²) in [6, 6.07) is 41.7. The summed E-state index contributed by atoms with van der Waals surface area (Å²) in [7, 11) is 0. The zero-order valence-electron chi connectivity index (χ0n) is 24.4. The van der Waals surface area contributed by atoms with Gasteiger partial charge in [-0.15, -0.1) is 0 Å². The van der Waals surface area contributed by atoms with Gasteiger partial charge in [0.2, 0.25) is 0 Å². The van der Waals surface area contributed by atoms with Crippen LogP contribution in [0.5, 0.6) is 0 Å². The molecule has 0 saturated heterocycles. The first-order valence-electron chi connectivity index (χ1n) is 15.2. The molecule has 0 spiro atoms. The van der Waals surface area contributed by atoms with Crippen molar-refractivity contribution in [3.8, 4) is 0 Å². The molecule has 0 bridgehead atoms. The fraction of sp³-hybridized carbons (Fsp3) is 0.125. The van der Waals surface area contributed by atoms with Crippen molar-refractivity contribution in [2.45, 2.75) is 32.1 Å². The first-order valence-corrected chi connectivity index (χ1v) is 15.2. The number of rotatable bonds is 3. The highest BCUT2D eigenvalue weighted by Gasteiger charge is 2.36. The summed E-state index contributed by atoms with van der Waals surface area (Å²) in [6.07, 6.45) is 6.90. The predicted molar refractivity (Wildman–Crippen MR) is 182 cm³/mol. The fourth-order valence-corrected chi connectivity index (χ4v) is 7.58. The molecular formula is C40H31N3. The molecule has 0 saturated carbocycles. The fourth-order valence-electron chi connectivity index (χ4n) is 7.58. The lowest BCUT2D eigenvalue weighted by Crippen LogP contribution is -2.28. The molecule has 2 aromatic heterocycles. The maximum Gasteiger partial charge on any atom is 0.138 e. The summed E-state index contributed by atoms with van der Waals surface area (Å²) in [6.45, 7) is 4.80. The van der Waals surface area contributed by atoms with E-state index in [0.29, 0.717) is 0 Å². The molecule has 2 aliphatic rings. The highest BCUT2D eigenvalue weighted by Crippen LogP contribution is 2.50. The van der Waals surface area contributed by atoms with Gasteiger partial charge >= 0.3 is 0 Å². The van der Waals surface area contributed by atoms with Crippen LogP contribution in [0.1, 0.15) is 32.3 Å². The Hall–Kier alpha value is -5.15. The molecule has 0 N–H and O–H groups in total. The second-order valence-electron chi connectivity index (χ2n) is 12.4. The smallest absolute Gasteiger partial charge is 0.138 e. The molecule has 0 atom stereocenters. The van der Waals surface area contributed by atoms with Gasteiger partial charge < -0.3 is 4.57 Å². The van der Waals surface area contributed by atoms with Crippen molar-refractivity contribution >= 4 is 66.4 Å². The predicted octanol–water partition coefficient (Wildman–Crippen LogP) is 10.8. The first-order chi connectivity index (χ1) is 21.1. The Morgan fingerprint density at radius 2 is 1.51 bits per heavy atom. The molecule has 1 aliphatic carbocycles. The van der Waals surface area contributed by atoms with Crippen LogP contribution in [0.15, 0.2) is 133 Å². The topological polar surface area (TPSA) is 21.1 Å². The zero-order chi connectivity index (χ0) is 28.7. The number of hydrogen-bond acceptors (Lipinski definition) is 2. The Labute approximate surface area is 251 Å². The number of para-hydroxylation sites is 2. The highest BCUT2D eigenvalue weighted by molar-refractivity contribution is 6.14. The van der Waals surface area contributed by atoms with Gasteiger partial charge in [-0.3, -0.25) is 4.90 Å². The van der Waals surface area contributed by atoms with Gasteiger partial charge in [-0.25, -0.2) is 4.98 Å². The number of allylic oxidation sites excluding steroid dienone is 4. The van der Waals surface area contributed by atoms with E-state index in [1.54, 1.807) is 0 Å². The minimum atomic E-state index is -0.00316. The van der Waals surface area contributed by atoms with Gasteiger partial charge in [-0.1, -0.05) is 92.7 Å². The third-order valence-corrected chi connectivity index (χ3v) is 9.66. The number of nitrogens with zero attached hydrogens (tertiary/aromatic N) is 3. The molecular weight excluding hydrogens is 522 g/mol.